The molecule has 22 heavy (non-hydrogen) atoms. The van der Waals surface area contributed by atoms with E-state index < -0.39 is 0 Å². The zero-order chi connectivity index (χ0) is 14.9. The van der Waals surface area contributed by atoms with Crippen LogP contribution in [0.15, 0.2) is 17.6 Å². The summed E-state index contributed by atoms with van der Waals surface area (Å²) >= 11 is 1.65. The Morgan fingerprint density at radius 2 is 2.18 bits per heavy atom. The topological polar surface area (TPSA) is 65.1 Å². The van der Waals surface area contributed by atoms with E-state index >= 15 is 0 Å². The molecule has 2 aliphatic rings. The lowest BCUT2D eigenvalue weighted by Gasteiger charge is -2.20. The van der Waals surface area contributed by atoms with Crippen molar-refractivity contribution in [2.24, 2.45) is 0 Å². The molecule has 1 N–H and O–H groups in total. The van der Waals surface area contributed by atoms with E-state index in [1.165, 1.54) is 12.8 Å². The van der Waals surface area contributed by atoms with Crippen LogP contribution in [0.5, 0.6) is 0 Å². The van der Waals surface area contributed by atoms with Crippen LogP contribution in [-0.4, -0.2) is 52.2 Å². The summed E-state index contributed by atoms with van der Waals surface area (Å²) < 4.78 is 0. The molecule has 0 unspecified atom stereocenters. The van der Waals surface area contributed by atoms with Gasteiger partial charge in [0.15, 0.2) is 5.13 Å². The van der Waals surface area contributed by atoms with Crippen molar-refractivity contribution in [2.45, 2.75) is 25.2 Å². The van der Waals surface area contributed by atoms with Crippen LogP contribution in [0, 0.1) is 0 Å². The fourth-order valence-electron chi connectivity index (χ4n) is 2.90. The summed E-state index contributed by atoms with van der Waals surface area (Å²) in [7, 11) is 0. The lowest BCUT2D eigenvalue weighted by Crippen LogP contribution is -2.35. The van der Waals surface area contributed by atoms with E-state index in [2.05, 4.69) is 20.1 Å². The predicted octanol–water partition coefficient (Wildman–Crippen LogP) is 2.10. The number of nitrogens with one attached hydrogen (secondary N) is 1. The van der Waals surface area contributed by atoms with Gasteiger partial charge in [0.2, 0.25) is 0 Å². The van der Waals surface area contributed by atoms with E-state index in [0.717, 1.165) is 43.4 Å². The van der Waals surface area contributed by atoms with Gasteiger partial charge in [0.1, 0.15) is 5.69 Å². The summed E-state index contributed by atoms with van der Waals surface area (Å²) in [6.45, 7) is 3.29. The molecular formula is C15H19N5OS. The number of thiazole rings is 1. The largest absolute Gasteiger partial charge is 0.346 e. The molecule has 1 aliphatic carbocycles. The highest BCUT2D eigenvalue weighted by atomic mass is 32.1. The number of H-pyrrole nitrogens is 1. The molecule has 2 aromatic rings. The number of carbonyl (C=O) groups excluding carboxylic acids is 1. The second-order valence-electron chi connectivity index (χ2n) is 5.93. The van der Waals surface area contributed by atoms with Crippen molar-refractivity contribution >= 4 is 22.4 Å². The average Bonchev–Trinajstić information content (AvgIpc) is 3.11. The fraction of sp³-hybridized carbons (Fsp3) is 0.533. The van der Waals surface area contributed by atoms with Crippen molar-refractivity contribution in [3.8, 4) is 0 Å². The third-order valence-electron chi connectivity index (χ3n) is 4.31. The van der Waals surface area contributed by atoms with Crippen LogP contribution in [-0.2, 0) is 0 Å². The normalized spacial score (nSPS) is 19.3. The number of carbonyl (C=O) groups is 1. The number of aromatic nitrogens is 3. The number of hydrogen-bond acceptors (Lipinski definition) is 5. The SMILES string of the molecule is O=C(c1cc(C2CC2)[nH]n1)N1CCCN(c2nccs2)CC1. The number of hydrogen-bond donors (Lipinski definition) is 1. The van der Waals surface area contributed by atoms with Crippen LogP contribution in [0.3, 0.4) is 0 Å². The molecule has 4 rings (SSSR count). The van der Waals surface area contributed by atoms with Gasteiger partial charge >= 0.3 is 0 Å². The van der Waals surface area contributed by atoms with Crippen molar-refractivity contribution in [1.29, 1.82) is 0 Å². The van der Waals surface area contributed by atoms with Gasteiger partial charge in [-0.3, -0.25) is 9.89 Å². The quantitative estimate of drug-likeness (QED) is 0.941. The number of amides is 1. The molecule has 0 aromatic carbocycles. The van der Waals surface area contributed by atoms with Crippen molar-refractivity contribution < 1.29 is 4.79 Å². The van der Waals surface area contributed by atoms with E-state index in [9.17, 15) is 4.79 Å². The molecule has 1 saturated carbocycles. The Hall–Kier alpha value is -1.89. The minimum absolute atomic E-state index is 0.0455. The molecule has 0 bridgehead atoms. The molecule has 2 aromatic heterocycles. The maximum absolute atomic E-state index is 12.6. The monoisotopic (exact) mass is 317 g/mol. The Bertz CT molecular complexity index is 649. The van der Waals surface area contributed by atoms with Crippen molar-refractivity contribution in [2.75, 3.05) is 31.1 Å². The van der Waals surface area contributed by atoms with Gasteiger partial charge in [0, 0.05) is 49.4 Å². The van der Waals surface area contributed by atoms with Crippen LogP contribution in [0.4, 0.5) is 5.13 Å². The molecule has 1 saturated heterocycles. The van der Waals surface area contributed by atoms with Crippen LogP contribution in [0.1, 0.15) is 41.4 Å². The summed E-state index contributed by atoms with van der Waals surface area (Å²) in [4.78, 5) is 21.2. The second-order valence-corrected chi connectivity index (χ2v) is 6.80. The first-order valence-electron chi connectivity index (χ1n) is 7.80. The Balaban J connectivity index is 1.42. The van der Waals surface area contributed by atoms with Gasteiger partial charge < -0.3 is 9.80 Å². The van der Waals surface area contributed by atoms with Crippen molar-refractivity contribution in [1.82, 2.24) is 20.1 Å². The van der Waals surface area contributed by atoms with E-state index in [1.807, 2.05) is 22.5 Å². The highest BCUT2D eigenvalue weighted by molar-refractivity contribution is 7.13. The van der Waals surface area contributed by atoms with Gasteiger partial charge in [-0.15, -0.1) is 11.3 Å². The molecule has 7 heteroatoms. The van der Waals surface area contributed by atoms with Gasteiger partial charge in [-0.1, -0.05) is 0 Å². The molecule has 6 nitrogen and oxygen atoms in total. The van der Waals surface area contributed by atoms with Crippen LogP contribution in [0.2, 0.25) is 0 Å². The molecule has 1 aliphatic heterocycles. The van der Waals surface area contributed by atoms with Gasteiger partial charge in [0.05, 0.1) is 0 Å². The molecule has 0 radical (unpaired) electrons. The van der Waals surface area contributed by atoms with E-state index in [1.54, 1.807) is 11.3 Å². The van der Waals surface area contributed by atoms with E-state index in [-0.39, 0.29) is 5.91 Å². The Morgan fingerprint density at radius 3 is 2.95 bits per heavy atom. The lowest BCUT2D eigenvalue weighted by molar-refractivity contribution is 0.0761. The van der Waals surface area contributed by atoms with Crippen LogP contribution >= 0.6 is 11.3 Å². The molecule has 2 fully saturated rings. The highest BCUT2D eigenvalue weighted by Crippen LogP contribution is 2.39. The Morgan fingerprint density at radius 1 is 1.27 bits per heavy atom. The lowest BCUT2D eigenvalue weighted by atomic mass is 10.2. The first-order chi connectivity index (χ1) is 10.8. The minimum Gasteiger partial charge on any atom is -0.346 e. The Kier molecular flexibility index (Phi) is 3.57. The Labute approximate surface area is 133 Å². The number of rotatable bonds is 3. The summed E-state index contributed by atoms with van der Waals surface area (Å²) in [5.41, 5.74) is 1.67. The van der Waals surface area contributed by atoms with Gasteiger partial charge in [-0.25, -0.2) is 4.98 Å². The zero-order valence-corrected chi connectivity index (χ0v) is 13.2. The molecule has 1 amide bonds. The summed E-state index contributed by atoms with van der Waals surface area (Å²) in [6, 6.07) is 1.93. The van der Waals surface area contributed by atoms with E-state index in [0.29, 0.717) is 11.6 Å². The fourth-order valence-corrected chi connectivity index (χ4v) is 3.59. The smallest absolute Gasteiger partial charge is 0.274 e. The van der Waals surface area contributed by atoms with Crippen molar-refractivity contribution in [3.63, 3.8) is 0 Å². The number of nitrogens with zero attached hydrogens (tertiary/aromatic N) is 4. The van der Waals surface area contributed by atoms with Crippen molar-refractivity contribution in [3.05, 3.63) is 29.0 Å². The van der Waals surface area contributed by atoms with E-state index in [4.69, 9.17) is 0 Å². The highest BCUT2D eigenvalue weighted by Gasteiger charge is 2.28. The first kappa shape index (κ1) is 13.8. The third kappa shape index (κ3) is 2.72. The summed E-state index contributed by atoms with van der Waals surface area (Å²) in [6.07, 6.45) is 5.22. The molecular weight excluding hydrogens is 298 g/mol. The standard InChI is InChI=1S/C15H19N5OS/c21-14(13-10-12(17-18-13)11-2-3-11)19-5-1-6-20(8-7-19)15-16-4-9-22-15/h4,9-11H,1-3,5-8H2,(H,17,18). The second kappa shape index (κ2) is 5.72. The maximum Gasteiger partial charge on any atom is 0.274 e. The molecule has 0 spiro atoms. The van der Waals surface area contributed by atoms with Gasteiger partial charge in [0.25, 0.3) is 5.91 Å². The number of aromatic amines is 1. The molecule has 116 valence electrons. The molecule has 0 atom stereocenters. The van der Waals surface area contributed by atoms with Crippen LogP contribution in [0.25, 0.3) is 0 Å². The van der Waals surface area contributed by atoms with Crippen LogP contribution < -0.4 is 4.90 Å². The first-order valence-corrected chi connectivity index (χ1v) is 8.68. The molecule has 3 heterocycles. The maximum atomic E-state index is 12.6. The third-order valence-corrected chi connectivity index (χ3v) is 5.14. The predicted molar refractivity (Wildman–Crippen MR) is 85.4 cm³/mol. The summed E-state index contributed by atoms with van der Waals surface area (Å²) in [5.74, 6) is 0.641. The van der Waals surface area contributed by atoms with Gasteiger partial charge in [-0.2, -0.15) is 5.10 Å². The zero-order valence-electron chi connectivity index (χ0n) is 12.4. The summed E-state index contributed by atoms with van der Waals surface area (Å²) in [5, 5.41) is 10.3. The minimum atomic E-state index is 0.0455. The average molecular weight is 317 g/mol. The number of anilines is 1. The van der Waals surface area contributed by atoms with Gasteiger partial charge in [-0.05, 0) is 25.3 Å².